The van der Waals surface area contributed by atoms with E-state index in [1.165, 1.54) is 0 Å². The van der Waals surface area contributed by atoms with E-state index in [-0.39, 0.29) is 5.92 Å². The highest BCUT2D eigenvalue weighted by atomic mass is 32.2. The zero-order valence-electron chi connectivity index (χ0n) is 6.90. The standard InChI is InChI=1S/C6H9N2O4S/c1-6(5(8)10)3(4(7)9)2-13(6,11)12/h2H2,1H3,(H2,7,9)(H2,8,10). The lowest BCUT2D eigenvalue weighted by molar-refractivity contribution is -0.124. The predicted molar refractivity (Wildman–Crippen MR) is 43.8 cm³/mol. The van der Waals surface area contributed by atoms with E-state index in [0.29, 0.717) is 0 Å². The molecule has 4 N–H and O–H groups in total. The zero-order chi connectivity index (χ0) is 10.4. The summed E-state index contributed by atoms with van der Waals surface area (Å²) in [6, 6.07) is 0. The fourth-order valence-electron chi connectivity index (χ4n) is 1.19. The van der Waals surface area contributed by atoms with Crippen molar-refractivity contribution < 1.29 is 18.0 Å². The van der Waals surface area contributed by atoms with Crippen molar-refractivity contribution in [2.24, 2.45) is 11.5 Å². The topological polar surface area (TPSA) is 120 Å². The molecule has 1 aliphatic heterocycles. The number of sulfone groups is 1. The van der Waals surface area contributed by atoms with Gasteiger partial charge in [0, 0.05) is 0 Å². The summed E-state index contributed by atoms with van der Waals surface area (Å²) in [6.07, 6.45) is 0. The summed E-state index contributed by atoms with van der Waals surface area (Å²) in [5.41, 5.74) is 9.77. The van der Waals surface area contributed by atoms with Crippen molar-refractivity contribution in [3.63, 3.8) is 0 Å². The molecule has 0 aromatic carbocycles. The Hall–Kier alpha value is -1.11. The van der Waals surface area contributed by atoms with Crippen molar-refractivity contribution in [1.29, 1.82) is 0 Å². The number of hydrogen-bond acceptors (Lipinski definition) is 4. The third kappa shape index (κ3) is 1.03. The minimum absolute atomic E-state index is 0.139. The van der Waals surface area contributed by atoms with Gasteiger partial charge in [-0.25, -0.2) is 8.42 Å². The molecule has 0 spiro atoms. The fraction of sp³-hybridized carbons (Fsp3) is 0.500. The third-order valence-corrected chi connectivity index (χ3v) is 4.66. The van der Waals surface area contributed by atoms with Gasteiger partial charge in [-0.2, -0.15) is 0 Å². The molecule has 1 aliphatic rings. The number of amides is 2. The SMILES string of the molecule is CC1(C(N)=O)[C](C(N)=O)CS1(=O)=O. The van der Waals surface area contributed by atoms with Crippen molar-refractivity contribution in [2.45, 2.75) is 11.7 Å². The minimum atomic E-state index is -3.63. The summed E-state index contributed by atoms with van der Waals surface area (Å²) < 4.78 is 20.4. The van der Waals surface area contributed by atoms with Crippen LogP contribution in [-0.2, 0) is 19.4 Å². The summed E-state index contributed by atoms with van der Waals surface area (Å²) in [4.78, 5) is 21.6. The van der Waals surface area contributed by atoms with Crippen LogP contribution in [0, 0.1) is 5.92 Å². The Morgan fingerprint density at radius 2 is 1.85 bits per heavy atom. The normalized spacial score (nSPS) is 32.1. The van der Waals surface area contributed by atoms with Gasteiger partial charge in [-0.15, -0.1) is 0 Å². The van der Waals surface area contributed by atoms with Crippen molar-refractivity contribution in [1.82, 2.24) is 0 Å². The van der Waals surface area contributed by atoms with Gasteiger partial charge in [0.2, 0.25) is 11.8 Å². The summed E-state index contributed by atoms with van der Waals surface area (Å²) in [5, 5.41) is 0. The van der Waals surface area contributed by atoms with Crippen LogP contribution in [0.1, 0.15) is 6.92 Å². The predicted octanol–water partition coefficient (Wildman–Crippen LogP) is -2.28. The van der Waals surface area contributed by atoms with E-state index < -0.39 is 32.2 Å². The van der Waals surface area contributed by atoms with E-state index in [2.05, 4.69) is 0 Å². The molecule has 1 radical (unpaired) electrons. The maximum absolute atomic E-state index is 11.2. The molecule has 6 nitrogen and oxygen atoms in total. The molecule has 0 bridgehead atoms. The molecule has 1 heterocycles. The van der Waals surface area contributed by atoms with Gasteiger partial charge in [0.15, 0.2) is 14.6 Å². The summed E-state index contributed by atoms with van der Waals surface area (Å²) in [5.74, 6) is -2.56. The van der Waals surface area contributed by atoms with Crippen molar-refractivity contribution in [2.75, 3.05) is 5.75 Å². The average Bonchev–Trinajstić information content (AvgIpc) is 1.98. The molecule has 1 saturated heterocycles. The van der Waals surface area contributed by atoms with Gasteiger partial charge in [0.1, 0.15) is 5.92 Å². The number of nitrogens with two attached hydrogens (primary N) is 2. The average molecular weight is 205 g/mol. The van der Waals surface area contributed by atoms with Crippen LogP contribution in [-0.4, -0.2) is 30.7 Å². The van der Waals surface area contributed by atoms with Gasteiger partial charge >= 0.3 is 0 Å². The molecular formula is C6H9N2O4S. The highest BCUT2D eigenvalue weighted by Gasteiger charge is 2.64. The van der Waals surface area contributed by atoms with E-state index in [9.17, 15) is 18.0 Å². The van der Waals surface area contributed by atoms with Crippen molar-refractivity contribution in [3.05, 3.63) is 5.92 Å². The Morgan fingerprint density at radius 1 is 1.38 bits per heavy atom. The Balaban J connectivity index is 3.16. The van der Waals surface area contributed by atoms with Crippen LogP contribution in [0.15, 0.2) is 0 Å². The molecule has 73 valence electrons. The summed E-state index contributed by atoms with van der Waals surface area (Å²) in [6.45, 7) is 1.09. The Bertz CT molecular complexity index is 374. The first-order chi connectivity index (χ1) is 5.73. The number of rotatable bonds is 2. The van der Waals surface area contributed by atoms with E-state index in [4.69, 9.17) is 11.5 Å². The van der Waals surface area contributed by atoms with E-state index in [1.54, 1.807) is 0 Å². The lowest BCUT2D eigenvalue weighted by atomic mass is 9.92. The molecule has 0 aromatic rings. The monoisotopic (exact) mass is 205 g/mol. The van der Waals surface area contributed by atoms with E-state index in [1.807, 2.05) is 0 Å². The van der Waals surface area contributed by atoms with Crippen LogP contribution in [0.25, 0.3) is 0 Å². The maximum Gasteiger partial charge on any atom is 0.239 e. The van der Waals surface area contributed by atoms with Gasteiger partial charge in [0.05, 0.1) is 5.75 Å². The van der Waals surface area contributed by atoms with Gasteiger partial charge < -0.3 is 11.5 Å². The lowest BCUT2D eigenvalue weighted by Crippen LogP contribution is -2.66. The first-order valence-electron chi connectivity index (χ1n) is 3.42. The van der Waals surface area contributed by atoms with E-state index in [0.717, 1.165) is 6.92 Å². The molecule has 1 atom stereocenters. The largest absolute Gasteiger partial charge is 0.369 e. The fourth-order valence-corrected chi connectivity index (χ4v) is 2.90. The van der Waals surface area contributed by atoms with Gasteiger partial charge in [-0.1, -0.05) is 0 Å². The minimum Gasteiger partial charge on any atom is -0.369 e. The number of carbonyl (C=O) groups is 2. The molecule has 1 unspecified atom stereocenters. The van der Waals surface area contributed by atoms with Gasteiger partial charge in [0.25, 0.3) is 0 Å². The third-order valence-electron chi connectivity index (χ3n) is 2.30. The zero-order valence-corrected chi connectivity index (χ0v) is 7.72. The van der Waals surface area contributed by atoms with Crippen LogP contribution in [0.3, 0.4) is 0 Å². The molecule has 0 aliphatic carbocycles. The van der Waals surface area contributed by atoms with Crippen LogP contribution in [0.2, 0.25) is 0 Å². The lowest BCUT2D eigenvalue weighted by Gasteiger charge is -2.40. The van der Waals surface area contributed by atoms with Crippen LogP contribution in [0.5, 0.6) is 0 Å². The first-order valence-corrected chi connectivity index (χ1v) is 5.07. The smallest absolute Gasteiger partial charge is 0.239 e. The van der Waals surface area contributed by atoms with Crippen LogP contribution < -0.4 is 11.5 Å². The molecule has 2 amide bonds. The Kier molecular flexibility index (Phi) is 1.87. The molecule has 13 heavy (non-hydrogen) atoms. The maximum atomic E-state index is 11.2. The molecule has 1 fully saturated rings. The summed E-state index contributed by atoms with van der Waals surface area (Å²) >= 11 is 0. The number of hydrogen-bond donors (Lipinski definition) is 2. The molecule has 1 rings (SSSR count). The van der Waals surface area contributed by atoms with Gasteiger partial charge in [-0.3, -0.25) is 9.59 Å². The molecule has 7 heteroatoms. The Morgan fingerprint density at radius 3 is 2.00 bits per heavy atom. The van der Waals surface area contributed by atoms with Crippen LogP contribution in [0.4, 0.5) is 0 Å². The highest BCUT2D eigenvalue weighted by molar-refractivity contribution is 7.95. The number of primary amides is 2. The quantitative estimate of drug-likeness (QED) is 0.527. The summed E-state index contributed by atoms with van der Waals surface area (Å²) in [7, 11) is -3.63. The van der Waals surface area contributed by atoms with Crippen molar-refractivity contribution in [3.8, 4) is 0 Å². The molecule has 0 aromatic heterocycles. The molecular weight excluding hydrogens is 196 g/mol. The second kappa shape index (κ2) is 2.44. The second-order valence-electron chi connectivity index (χ2n) is 3.00. The number of carbonyl (C=O) groups excluding carboxylic acids is 2. The van der Waals surface area contributed by atoms with E-state index >= 15 is 0 Å². The Labute approximate surface area is 75.2 Å². The van der Waals surface area contributed by atoms with Crippen LogP contribution >= 0.6 is 0 Å². The van der Waals surface area contributed by atoms with Crippen molar-refractivity contribution >= 4 is 21.7 Å². The molecule has 0 saturated carbocycles. The second-order valence-corrected chi connectivity index (χ2v) is 5.33. The van der Waals surface area contributed by atoms with Gasteiger partial charge in [-0.05, 0) is 6.92 Å². The highest BCUT2D eigenvalue weighted by Crippen LogP contribution is 2.40. The first kappa shape index (κ1) is 9.97.